The van der Waals surface area contributed by atoms with Gasteiger partial charge in [-0.25, -0.2) is 15.0 Å². The van der Waals surface area contributed by atoms with Crippen molar-refractivity contribution < 1.29 is 0 Å². The molecule has 1 aromatic heterocycles. The van der Waals surface area contributed by atoms with E-state index in [0.29, 0.717) is 17.5 Å². The summed E-state index contributed by atoms with van der Waals surface area (Å²) in [5.74, 6) is 1.88. The first kappa shape index (κ1) is 36.1. The van der Waals surface area contributed by atoms with Gasteiger partial charge in [0, 0.05) is 16.7 Å². The van der Waals surface area contributed by atoms with Crippen molar-refractivity contribution in [1.29, 1.82) is 0 Å². The highest BCUT2D eigenvalue weighted by molar-refractivity contribution is 5.88. The van der Waals surface area contributed by atoms with E-state index in [2.05, 4.69) is 224 Å². The Morgan fingerprint density at radius 1 is 0.230 bits per heavy atom. The zero-order valence-electron chi connectivity index (χ0n) is 33.4. The van der Waals surface area contributed by atoms with Crippen LogP contribution in [0.2, 0.25) is 0 Å². The van der Waals surface area contributed by atoms with E-state index >= 15 is 0 Å². The normalized spacial score (nSPS) is 12.4. The van der Waals surface area contributed by atoms with Gasteiger partial charge in [0.2, 0.25) is 0 Å². The van der Waals surface area contributed by atoms with E-state index in [9.17, 15) is 0 Å². The molecule has 3 heteroatoms. The van der Waals surface area contributed by atoms with Crippen molar-refractivity contribution in [1.82, 2.24) is 15.0 Å². The van der Waals surface area contributed by atoms with Gasteiger partial charge in [0.25, 0.3) is 0 Å². The molecule has 0 atom stereocenters. The first-order valence-corrected chi connectivity index (χ1v) is 20.8. The van der Waals surface area contributed by atoms with E-state index < -0.39 is 5.41 Å². The Morgan fingerprint density at radius 2 is 0.541 bits per heavy atom. The van der Waals surface area contributed by atoms with Crippen LogP contribution in [0.4, 0.5) is 0 Å². The Hall–Kier alpha value is -8.01. The summed E-state index contributed by atoms with van der Waals surface area (Å²) in [5, 5.41) is 0. The van der Waals surface area contributed by atoms with Gasteiger partial charge in [-0.3, -0.25) is 0 Å². The Morgan fingerprint density at radius 3 is 0.984 bits per heavy atom. The van der Waals surface area contributed by atoms with Gasteiger partial charge in [-0.15, -0.1) is 0 Å². The molecule has 0 fully saturated rings. The van der Waals surface area contributed by atoms with Gasteiger partial charge in [0.1, 0.15) is 0 Å². The van der Waals surface area contributed by atoms with E-state index in [0.717, 1.165) is 33.4 Å². The van der Waals surface area contributed by atoms with E-state index in [-0.39, 0.29) is 0 Å². The maximum atomic E-state index is 5.26. The van der Waals surface area contributed by atoms with E-state index in [1.807, 2.05) is 12.1 Å². The summed E-state index contributed by atoms with van der Waals surface area (Å²) < 4.78 is 0. The zero-order valence-corrected chi connectivity index (χ0v) is 33.4. The summed E-state index contributed by atoms with van der Waals surface area (Å²) in [6.45, 7) is 0. The summed E-state index contributed by atoms with van der Waals surface area (Å²) in [7, 11) is 0. The Bertz CT molecular complexity index is 3090. The van der Waals surface area contributed by atoms with Crippen LogP contribution in [0, 0.1) is 0 Å². The predicted molar refractivity (Wildman–Crippen MR) is 250 cm³/mol. The maximum absolute atomic E-state index is 5.26. The van der Waals surface area contributed by atoms with Gasteiger partial charge in [0.05, 0.1) is 5.41 Å². The summed E-state index contributed by atoms with van der Waals surface area (Å²) in [4.78, 5) is 15.7. The molecule has 0 N–H and O–H groups in total. The molecule has 0 saturated heterocycles. The average Bonchev–Trinajstić information content (AvgIpc) is 3.65. The SMILES string of the molecule is c1ccc(-c2ccc(-c3ccc(-c4nc(-c5ccc(-c6ccccc6)cc5)nc(-c5ccc6c(c5)C(c5ccccc5)(c5ccccc5)c5ccccc5-6)n4)cc3)cc2)cc1. The minimum atomic E-state index is -0.536. The van der Waals surface area contributed by atoms with E-state index in [1.165, 1.54) is 50.1 Å². The van der Waals surface area contributed by atoms with Crippen LogP contribution in [-0.2, 0) is 5.41 Å². The minimum Gasteiger partial charge on any atom is -0.208 e. The fourth-order valence-electron chi connectivity index (χ4n) is 9.09. The molecule has 3 nitrogen and oxygen atoms in total. The van der Waals surface area contributed by atoms with Crippen LogP contribution in [0.25, 0.3) is 78.7 Å². The van der Waals surface area contributed by atoms with Crippen LogP contribution >= 0.6 is 0 Å². The lowest BCUT2D eigenvalue weighted by Crippen LogP contribution is -2.28. The maximum Gasteiger partial charge on any atom is 0.164 e. The van der Waals surface area contributed by atoms with Gasteiger partial charge in [-0.1, -0.05) is 231 Å². The van der Waals surface area contributed by atoms with Crippen LogP contribution in [0.3, 0.4) is 0 Å². The van der Waals surface area contributed by atoms with Gasteiger partial charge < -0.3 is 0 Å². The number of hydrogen-bond donors (Lipinski definition) is 0. The zero-order chi connectivity index (χ0) is 40.6. The summed E-state index contributed by atoms with van der Waals surface area (Å²) >= 11 is 0. The van der Waals surface area contributed by atoms with Crippen molar-refractivity contribution in [3.05, 3.63) is 259 Å². The molecule has 9 aromatic carbocycles. The highest BCUT2D eigenvalue weighted by atomic mass is 15.0. The number of nitrogens with zero attached hydrogens (tertiary/aromatic N) is 3. The molecule has 0 radical (unpaired) electrons. The molecule has 0 unspecified atom stereocenters. The lowest BCUT2D eigenvalue weighted by molar-refractivity contribution is 0.768. The van der Waals surface area contributed by atoms with Gasteiger partial charge in [0.15, 0.2) is 17.5 Å². The molecule has 10 aromatic rings. The van der Waals surface area contributed by atoms with Gasteiger partial charge in [-0.05, 0) is 72.8 Å². The molecule has 0 amide bonds. The Labute approximate surface area is 356 Å². The van der Waals surface area contributed by atoms with Crippen LogP contribution in [0.5, 0.6) is 0 Å². The van der Waals surface area contributed by atoms with Crippen molar-refractivity contribution in [3.63, 3.8) is 0 Å². The molecule has 1 heterocycles. The minimum absolute atomic E-state index is 0.536. The van der Waals surface area contributed by atoms with Gasteiger partial charge >= 0.3 is 0 Å². The molecule has 0 bridgehead atoms. The molecule has 0 saturated carbocycles. The first-order valence-electron chi connectivity index (χ1n) is 20.8. The smallest absolute Gasteiger partial charge is 0.164 e. The number of fused-ring (bicyclic) bond motifs is 3. The molecule has 61 heavy (non-hydrogen) atoms. The average molecular weight is 778 g/mol. The van der Waals surface area contributed by atoms with Crippen molar-refractivity contribution in [2.24, 2.45) is 0 Å². The summed E-state index contributed by atoms with van der Waals surface area (Å²) in [6.07, 6.45) is 0. The largest absolute Gasteiger partial charge is 0.208 e. The van der Waals surface area contributed by atoms with Crippen molar-refractivity contribution in [2.45, 2.75) is 5.41 Å². The molecule has 286 valence electrons. The number of hydrogen-bond acceptors (Lipinski definition) is 3. The molecule has 11 rings (SSSR count). The fourth-order valence-corrected chi connectivity index (χ4v) is 9.09. The second kappa shape index (κ2) is 15.3. The van der Waals surface area contributed by atoms with E-state index in [4.69, 9.17) is 15.0 Å². The Kier molecular flexibility index (Phi) is 9.05. The topological polar surface area (TPSA) is 38.7 Å². The second-order valence-corrected chi connectivity index (χ2v) is 15.6. The molecule has 1 aliphatic rings. The Balaban J connectivity index is 1.05. The van der Waals surface area contributed by atoms with Crippen LogP contribution in [0.15, 0.2) is 237 Å². The molecule has 0 spiro atoms. The lowest BCUT2D eigenvalue weighted by atomic mass is 9.67. The van der Waals surface area contributed by atoms with Gasteiger partial charge in [-0.2, -0.15) is 0 Å². The highest BCUT2D eigenvalue weighted by Crippen LogP contribution is 2.56. The monoisotopic (exact) mass is 777 g/mol. The summed E-state index contributed by atoms with van der Waals surface area (Å²) in [5.41, 5.74) is 16.6. The molecule has 1 aliphatic carbocycles. The quantitative estimate of drug-likeness (QED) is 0.154. The standard InChI is InChI=1S/C58H39N3/c1-5-15-40(16-6-1)42-25-27-44(28-26-42)45-31-35-47(36-32-45)56-59-55(46-33-29-43(30-34-46)41-17-7-2-8-18-41)60-57(61-56)48-37-38-52-51-23-13-14-24-53(51)58(54(52)39-48,49-19-9-3-10-20-49)50-21-11-4-12-22-50/h1-39H. The number of aromatic nitrogens is 3. The summed E-state index contributed by atoms with van der Waals surface area (Å²) in [6, 6.07) is 84.1. The molecule has 0 aliphatic heterocycles. The fraction of sp³-hybridized carbons (Fsp3) is 0.0172. The number of benzene rings is 9. The second-order valence-electron chi connectivity index (χ2n) is 15.6. The van der Waals surface area contributed by atoms with Crippen LogP contribution in [0.1, 0.15) is 22.3 Å². The van der Waals surface area contributed by atoms with Crippen molar-refractivity contribution in [3.8, 4) is 78.7 Å². The molecular weight excluding hydrogens is 739 g/mol. The predicted octanol–water partition coefficient (Wildman–Crippen LogP) is 14.2. The molecular formula is C58H39N3. The third-order valence-electron chi connectivity index (χ3n) is 12.1. The first-order chi connectivity index (χ1) is 30.2. The van der Waals surface area contributed by atoms with Crippen molar-refractivity contribution in [2.75, 3.05) is 0 Å². The van der Waals surface area contributed by atoms with E-state index in [1.54, 1.807) is 0 Å². The third-order valence-corrected chi connectivity index (χ3v) is 12.1. The van der Waals surface area contributed by atoms with Crippen LogP contribution < -0.4 is 0 Å². The third kappa shape index (κ3) is 6.44. The highest BCUT2D eigenvalue weighted by Gasteiger charge is 2.46. The van der Waals surface area contributed by atoms with Crippen LogP contribution in [-0.4, -0.2) is 15.0 Å². The van der Waals surface area contributed by atoms with Crippen molar-refractivity contribution >= 4 is 0 Å². The number of rotatable bonds is 8. The lowest BCUT2D eigenvalue weighted by Gasteiger charge is -2.34.